The molecule has 1 aliphatic rings. The highest BCUT2D eigenvalue weighted by Gasteiger charge is 2.23. The molecule has 3 aromatic heterocycles. The van der Waals surface area contributed by atoms with Crippen LogP contribution in [0.5, 0.6) is 6.01 Å². The third kappa shape index (κ3) is 2.94. The molecule has 8 heteroatoms. The number of pyridine rings is 1. The first-order chi connectivity index (χ1) is 11.8. The summed E-state index contributed by atoms with van der Waals surface area (Å²) in [6.45, 7) is 1.61. The Morgan fingerprint density at radius 2 is 1.83 bits per heavy atom. The molecular weight excluding hydrogens is 311 g/mol. The molecule has 7 nitrogen and oxygen atoms in total. The number of aromatic nitrogens is 5. The molecule has 1 fully saturated rings. The number of piperidine rings is 1. The number of fused-ring (bicyclic) bond motifs is 1. The third-order valence-electron chi connectivity index (χ3n) is 4.03. The second kappa shape index (κ2) is 6.31. The van der Waals surface area contributed by atoms with Crippen molar-refractivity contribution in [1.29, 1.82) is 0 Å². The minimum atomic E-state index is -0.470. The molecule has 0 spiro atoms. The average Bonchev–Trinajstić information content (AvgIpc) is 2.64. The van der Waals surface area contributed by atoms with Crippen molar-refractivity contribution < 1.29 is 9.13 Å². The molecule has 0 bridgehead atoms. The number of hydrogen-bond acceptors (Lipinski definition) is 7. The minimum Gasteiger partial charge on any atom is -0.460 e. The van der Waals surface area contributed by atoms with Crippen molar-refractivity contribution >= 4 is 16.7 Å². The van der Waals surface area contributed by atoms with E-state index in [0.29, 0.717) is 0 Å². The van der Waals surface area contributed by atoms with Gasteiger partial charge in [-0.05, 0) is 6.07 Å². The van der Waals surface area contributed by atoms with Gasteiger partial charge in [0.05, 0.1) is 24.1 Å². The summed E-state index contributed by atoms with van der Waals surface area (Å²) < 4.78 is 18.6. The Hall–Kier alpha value is -2.90. The first-order valence-corrected chi connectivity index (χ1v) is 7.73. The maximum atomic E-state index is 12.8. The molecule has 1 saturated heterocycles. The van der Waals surface area contributed by atoms with Gasteiger partial charge in [0.15, 0.2) is 5.82 Å². The molecule has 1 aliphatic heterocycles. The second-order valence-corrected chi connectivity index (χ2v) is 5.58. The van der Waals surface area contributed by atoms with Crippen molar-refractivity contribution in [1.82, 2.24) is 24.9 Å². The zero-order chi connectivity index (χ0) is 16.4. The molecule has 3 aromatic rings. The fourth-order valence-corrected chi connectivity index (χ4v) is 2.84. The van der Waals surface area contributed by atoms with E-state index in [-0.39, 0.29) is 12.1 Å². The number of nitrogens with zero attached hydrogens (tertiary/aromatic N) is 6. The topological polar surface area (TPSA) is 76.9 Å². The summed E-state index contributed by atoms with van der Waals surface area (Å²) in [5.74, 6) is 0.446. The smallest absolute Gasteiger partial charge is 0.316 e. The van der Waals surface area contributed by atoms with E-state index in [4.69, 9.17) is 4.74 Å². The number of rotatable bonds is 3. The van der Waals surface area contributed by atoms with Gasteiger partial charge in [-0.25, -0.2) is 24.3 Å². The lowest BCUT2D eigenvalue weighted by molar-refractivity contribution is 0.156. The second-order valence-electron chi connectivity index (χ2n) is 5.58. The maximum Gasteiger partial charge on any atom is 0.316 e. The standard InChI is InChI=1S/C16H15FN6O/c17-11-7-19-16(20-8-11)24-12-2-5-23(6-3-12)15-13-1-4-18-9-14(13)21-10-22-15/h1,4,7-10,12H,2-3,5-6H2. The zero-order valence-electron chi connectivity index (χ0n) is 12.8. The SMILES string of the molecule is Fc1cnc(OC2CCN(c3ncnc4cnccc34)CC2)nc1. The summed E-state index contributed by atoms with van der Waals surface area (Å²) in [4.78, 5) is 22.7. The van der Waals surface area contributed by atoms with Crippen LogP contribution in [0.3, 0.4) is 0 Å². The van der Waals surface area contributed by atoms with E-state index in [0.717, 1.165) is 55.0 Å². The van der Waals surface area contributed by atoms with E-state index in [9.17, 15) is 4.39 Å². The molecular formula is C16H15FN6O. The number of ether oxygens (including phenoxy) is 1. The molecule has 0 N–H and O–H groups in total. The van der Waals surface area contributed by atoms with Gasteiger partial charge in [0.25, 0.3) is 0 Å². The summed E-state index contributed by atoms with van der Waals surface area (Å²) >= 11 is 0. The van der Waals surface area contributed by atoms with E-state index in [1.807, 2.05) is 6.07 Å². The molecule has 0 unspecified atom stereocenters. The third-order valence-corrected chi connectivity index (χ3v) is 4.03. The van der Waals surface area contributed by atoms with Gasteiger partial charge in [-0.15, -0.1) is 0 Å². The number of halogens is 1. The van der Waals surface area contributed by atoms with Gasteiger partial charge in [0.1, 0.15) is 18.2 Å². The predicted molar refractivity (Wildman–Crippen MR) is 85.2 cm³/mol. The number of hydrogen-bond donors (Lipinski definition) is 0. The van der Waals surface area contributed by atoms with Crippen LogP contribution in [0.15, 0.2) is 37.2 Å². The Kier molecular flexibility index (Phi) is 3.86. The van der Waals surface area contributed by atoms with Crippen LogP contribution >= 0.6 is 0 Å². The van der Waals surface area contributed by atoms with Crippen LogP contribution in [0, 0.1) is 5.82 Å². The van der Waals surface area contributed by atoms with Gasteiger partial charge in [-0.1, -0.05) is 0 Å². The summed E-state index contributed by atoms with van der Waals surface area (Å²) in [6, 6.07) is 2.15. The monoisotopic (exact) mass is 326 g/mol. The highest BCUT2D eigenvalue weighted by atomic mass is 19.1. The average molecular weight is 326 g/mol. The van der Waals surface area contributed by atoms with Crippen LogP contribution in [0.2, 0.25) is 0 Å². The molecule has 0 amide bonds. The maximum absolute atomic E-state index is 12.8. The summed E-state index contributed by atoms with van der Waals surface area (Å²) in [5.41, 5.74) is 0.834. The number of anilines is 1. The van der Waals surface area contributed by atoms with E-state index in [2.05, 4.69) is 29.8 Å². The normalized spacial score (nSPS) is 15.6. The lowest BCUT2D eigenvalue weighted by Gasteiger charge is -2.32. The fourth-order valence-electron chi connectivity index (χ4n) is 2.84. The Morgan fingerprint density at radius 1 is 1.04 bits per heavy atom. The van der Waals surface area contributed by atoms with Crippen LogP contribution in [0.25, 0.3) is 10.9 Å². The van der Waals surface area contributed by atoms with Crippen LogP contribution in [-0.4, -0.2) is 44.1 Å². The van der Waals surface area contributed by atoms with Crippen LogP contribution < -0.4 is 9.64 Å². The van der Waals surface area contributed by atoms with Gasteiger partial charge in [0.2, 0.25) is 0 Å². The Morgan fingerprint density at radius 3 is 2.62 bits per heavy atom. The van der Waals surface area contributed by atoms with Gasteiger partial charge < -0.3 is 9.64 Å². The van der Waals surface area contributed by atoms with Crippen molar-refractivity contribution in [3.8, 4) is 6.01 Å². The van der Waals surface area contributed by atoms with Gasteiger partial charge >= 0.3 is 6.01 Å². The molecule has 4 heterocycles. The summed E-state index contributed by atoms with van der Waals surface area (Å²) in [5, 5.41) is 0.994. The van der Waals surface area contributed by atoms with E-state index < -0.39 is 5.82 Å². The minimum absolute atomic E-state index is 0.0153. The molecule has 0 radical (unpaired) electrons. The lowest BCUT2D eigenvalue weighted by Crippen LogP contribution is -2.39. The first kappa shape index (κ1) is 14.7. The van der Waals surface area contributed by atoms with Crippen molar-refractivity contribution in [2.75, 3.05) is 18.0 Å². The predicted octanol–water partition coefficient (Wildman–Crippen LogP) is 2.00. The van der Waals surface area contributed by atoms with Crippen molar-refractivity contribution in [2.24, 2.45) is 0 Å². The van der Waals surface area contributed by atoms with Crippen LogP contribution in [0.4, 0.5) is 10.2 Å². The van der Waals surface area contributed by atoms with Gasteiger partial charge in [-0.3, -0.25) is 4.98 Å². The van der Waals surface area contributed by atoms with Crippen molar-refractivity contribution in [3.05, 3.63) is 43.0 Å². The quantitative estimate of drug-likeness (QED) is 0.728. The van der Waals surface area contributed by atoms with E-state index in [1.165, 1.54) is 0 Å². The molecule has 0 saturated carbocycles. The Bertz CT molecular complexity index is 830. The van der Waals surface area contributed by atoms with E-state index >= 15 is 0 Å². The first-order valence-electron chi connectivity index (χ1n) is 7.73. The van der Waals surface area contributed by atoms with Gasteiger partial charge in [-0.2, -0.15) is 0 Å². The molecule has 0 aliphatic carbocycles. The van der Waals surface area contributed by atoms with Crippen molar-refractivity contribution in [3.63, 3.8) is 0 Å². The lowest BCUT2D eigenvalue weighted by atomic mass is 10.1. The Balaban J connectivity index is 1.45. The molecule has 122 valence electrons. The largest absolute Gasteiger partial charge is 0.460 e. The Labute approximate surface area is 137 Å². The molecule has 24 heavy (non-hydrogen) atoms. The van der Waals surface area contributed by atoms with Crippen LogP contribution in [0.1, 0.15) is 12.8 Å². The van der Waals surface area contributed by atoms with Gasteiger partial charge in [0, 0.05) is 37.5 Å². The highest BCUT2D eigenvalue weighted by molar-refractivity contribution is 5.88. The fraction of sp³-hybridized carbons (Fsp3) is 0.312. The summed E-state index contributed by atoms with van der Waals surface area (Å²) in [7, 11) is 0. The molecule has 4 rings (SSSR count). The molecule has 0 aromatic carbocycles. The summed E-state index contributed by atoms with van der Waals surface area (Å²) in [6.07, 6.45) is 8.92. The van der Waals surface area contributed by atoms with Crippen LogP contribution in [-0.2, 0) is 0 Å². The van der Waals surface area contributed by atoms with Crippen molar-refractivity contribution in [2.45, 2.75) is 18.9 Å². The highest BCUT2D eigenvalue weighted by Crippen LogP contribution is 2.25. The van der Waals surface area contributed by atoms with E-state index in [1.54, 1.807) is 18.7 Å². The molecule has 0 atom stereocenters. The zero-order valence-corrected chi connectivity index (χ0v) is 12.8.